The van der Waals surface area contributed by atoms with E-state index in [0.29, 0.717) is 12.0 Å². The molecule has 2 atom stereocenters. The van der Waals surface area contributed by atoms with Gasteiger partial charge in [0.15, 0.2) is 0 Å². The molecular weight excluding hydrogens is 300 g/mol. The lowest BCUT2D eigenvalue weighted by Crippen LogP contribution is -2.45. The van der Waals surface area contributed by atoms with E-state index in [1.807, 2.05) is 26.8 Å². The van der Waals surface area contributed by atoms with Crippen molar-refractivity contribution in [1.82, 2.24) is 4.90 Å². The normalized spacial score (nSPS) is 23.7. The molecule has 1 amide bonds. The van der Waals surface area contributed by atoms with Gasteiger partial charge in [-0.15, -0.1) is 0 Å². The number of rotatable bonds is 1. The van der Waals surface area contributed by atoms with Crippen molar-refractivity contribution in [2.75, 3.05) is 0 Å². The zero-order valence-electron chi connectivity index (χ0n) is 13.6. The number of hydrogen-bond donors (Lipinski definition) is 0. The maximum atomic E-state index is 13.4. The average Bonchev–Trinajstić information content (AvgIpc) is 2.66. The maximum absolute atomic E-state index is 13.4. The number of benzene rings is 1. The highest BCUT2D eigenvalue weighted by Gasteiger charge is 2.41. The summed E-state index contributed by atoms with van der Waals surface area (Å²) in [5.41, 5.74) is 0.922. The molecule has 0 spiro atoms. The van der Waals surface area contributed by atoms with Crippen LogP contribution in [0.25, 0.3) is 5.57 Å². The summed E-state index contributed by atoms with van der Waals surface area (Å²) < 4.78 is 32.3. The lowest BCUT2D eigenvalue weighted by atomic mass is 9.95. The van der Waals surface area contributed by atoms with Crippen LogP contribution in [0, 0.1) is 11.6 Å². The van der Waals surface area contributed by atoms with Gasteiger partial charge in [0.25, 0.3) is 0 Å². The van der Waals surface area contributed by atoms with E-state index in [1.165, 1.54) is 12.1 Å². The van der Waals surface area contributed by atoms with E-state index < -0.39 is 17.2 Å². The second kappa shape index (κ2) is 5.62. The molecule has 1 saturated heterocycles. The third kappa shape index (κ3) is 3.38. The molecule has 0 aliphatic carbocycles. The van der Waals surface area contributed by atoms with Gasteiger partial charge in [-0.3, -0.25) is 4.90 Å². The molecule has 0 saturated carbocycles. The largest absolute Gasteiger partial charge is 0.444 e. The number of amides is 1. The van der Waals surface area contributed by atoms with E-state index >= 15 is 0 Å². The Bertz CT molecular complexity index is 643. The lowest BCUT2D eigenvalue weighted by Gasteiger charge is -2.35. The fraction of sp³-hybridized carbons (Fsp3) is 0.500. The molecule has 1 fully saturated rings. The number of carbonyl (C=O) groups excluding carboxylic acids is 1. The van der Waals surface area contributed by atoms with Crippen molar-refractivity contribution in [3.8, 4) is 0 Å². The highest BCUT2D eigenvalue weighted by molar-refractivity contribution is 5.75. The summed E-state index contributed by atoms with van der Waals surface area (Å²) in [4.78, 5) is 14.1. The van der Waals surface area contributed by atoms with E-state index in [1.54, 1.807) is 4.90 Å². The summed E-state index contributed by atoms with van der Waals surface area (Å²) in [6.45, 7) is 5.52. The molecule has 3 rings (SSSR count). The molecule has 124 valence electrons. The fourth-order valence-corrected chi connectivity index (χ4v) is 3.38. The highest BCUT2D eigenvalue weighted by atomic mass is 19.1. The molecule has 0 N–H and O–H groups in total. The summed E-state index contributed by atoms with van der Waals surface area (Å²) in [7, 11) is 0. The smallest absolute Gasteiger partial charge is 0.411 e. The first kappa shape index (κ1) is 16.0. The SMILES string of the molecule is CC(C)(C)OC(=O)N1C2C=C(c3cc(F)cc(F)c3)CC1CC2. The van der Waals surface area contributed by atoms with E-state index in [0.717, 1.165) is 24.5 Å². The Hall–Kier alpha value is -1.91. The van der Waals surface area contributed by atoms with Gasteiger partial charge in [-0.1, -0.05) is 6.08 Å². The summed E-state index contributed by atoms with van der Waals surface area (Å²) in [5, 5.41) is 0. The first-order valence-electron chi connectivity index (χ1n) is 7.91. The van der Waals surface area contributed by atoms with Gasteiger partial charge in [-0.25, -0.2) is 13.6 Å². The molecule has 0 radical (unpaired) electrons. The fourth-order valence-electron chi connectivity index (χ4n) is 3.38. The molecule has 2 bridgehead atoms. The molecule has 1 aromatic carbocycles. The molecule has 1 aromatic rings. The van der Waals surface area contributed by atoms with Crippen molar-refractivity contribution in [3.63, 3.8) is 0 Å². The molecule has 3 nitrogen and oxygen atoms in total. The van der Waals surface area contributed by atoms with Crippen LogP contribution >= 0.6 is 0 Å². The van der Waals surface area contributed by atoms with Crippen molar-refractivity contribution in [1.29, 1.82) is 0 Å². The van der Waals surface area contributed by atoms with Crippen molar-refractivity contribution in [2.45, 2.75) is 57.7 Å². The minimum atomic E-state index is -0.581. The monoisotopic (exact) mass is 321 g/mol. The number of fused-ring (bicyclic) bond motifs is 2. The van der Waals surface area contributed by atoms with Crippen molar-refractivity contribution in [3.05, 3.63) is 41.5 Å². The molecule has 0 aromatic heterocycles. The zero-order chi connectivity index (χ0) is 16.8. The van der Waals surface area contributed by atoms with Crippen LogP contribution < -0.4 is 0 Å². The van der Waals surface area contributed by atoms with E-state index in [2.05, 4.69) is 0 Å². The van der Waals surface area contributed by atoms with E-state index in [9.17, 15) is 13.6 Å². The topological polar surface area (TPSA) is 29.5 Å². The molecule has 2 aliphatic heterocycles. The third-order valence-electron chi connectivity index (χ3n) is 4.23. The molecule has 23 heavy (non-hydrogen) atoms. The third-order valence-corrected chi connectivity index (χ3v) is 4.23. The summed E-state index contributed by atoms with van der Waals surface area (Å²) in [6, 6.07) is 3.52. The maximum Gasteiger partial charge on any atom is 0.411 e. The van der Waals surface area contributed by atoms with E-state index in [-0.39, 0.29) is 18.2 Å². The Labute approximate surface area is 134 Å². The second-order valence-corrected chi connectivity index (χ2v) is 7.24. The first-order valence-corrected chi connectivity index (χ1v) is 7.91. The number of ether oxygens (including phenoxy) is 1. The number of hydrogen-bond acceptors (Lipinski definition) is 2. The lowest BCUT2D eigenvalue weighted by molar-refractivity contribution is 0.0175. The van der Waals surface area contributed by atoms with Crippen LogP contribution in [0.1, 0.15) is 45.6 Å². The number of halogens is 2. The molecule has 2 unspecified atom stereocenters. The minimum Gasteiger partial charge on any atom is -0.444 e. The second-order valence-electron chi connectivity index (χ2n) is 7.24. The average molecular weight is 321 g/mol. The Balaban J connectivity index is 1.84. The molecular formula is C18H21F2NO2. The molecule has 2 aliphatic rings. The minimum absolute atomic E-state index is 0.0289. The highest BCUT2D eigenvalue weighted by Crippen LogP contribution is 2.39. The van der Waals surface area contributed by atoms with E-state index in [4.69, 9.17) is 4.74 Å². The van der Waals surface area contributed by atoms with Gasteiger partial charge in [-0.2, -0.15) is 0 Å². The van der Waals surface area contributed by atoms with Gasteiger partial charge in [-0.05, 0) is 63.3 Å². The predicted molar refractivity (Wildman–Crippen MR) is 83.8 cm³/mol. The van der Waals surface area contributed by atoms with Crippen LogP contribution in [-0.4, -0.2) is 28.7 Å². The Morgan fingerprint density at radius 1 is 1.17 bits per heavy atom. The number of nitrogens with zero attached hydrogens (tertiary/aromatic N) is 1. The molecule has 2 heterocycles. The van der Waals surface area contributed by atoms with Gasteiger partial charge in [0.1, 0.15) is 17.2 Å². The summed E-state index contributed by atoms with van der Waals surface area (Å²) in [5.74, 6) is -1.16. The van der Waals surface area contributed by atoms with Crippen LogP contribution in [0.5, 0.6) is 0 Å². The van der Waals surface area contributed by atoms with Crippen LogP contribution in [0.15, 0.2) is 24.3 Å². The van der Waals surface area contributed by atoms with Gasteiger partial charge < -0.3 is 4.74 Å². The van der Waals surface area contributed by atoms with Crippen LogP contribution in [-0.2, 0) is 4.74 Å². The Kier molecular flexibility index (Phi) is 3.90. The van der Waals surface area contributed by atoms with Crippen LogP contribution in [0.2, 0.25) is 0 Å². The molecule has 5 heteroatoms. The van der Waals surface area contributed by atoms with Gasteiger partial charge in [0.05, 0.1) is 6.04 Å². The predicted octanol–water partition coefficient (Wildman–Crippen LogP) is 4.52. The van der Waals surface area contributed by atoms with Crippen LogP contribution in [0.4, 0.5) is 13.6 Å². The first-order chi connectivity index (χ1) is 10.7. The van der Waals surface area contributed by atoms with Crippen LogP contribution in [0.3, 0.4) is 0 Å². The van der Waals surface area contributed by atoms with Crippen molar-refractivity contribution >= 4 is 11.7 Å². The van der Waals surface area contributed by atoms with Crippen molar-refractivity contribution < 1.29 is 18.3 Å². The summed E-state index contributed by atoms with van der Waals surface area (Å²) >= 11 is 0. The van der Waals surface area contributed by atoms with Gasteiger partial charge in [0.2, 0.25) is 0 Å². The van der Waals surface area contributed by atoms with Gasteiger partial charge >= 0.3 is 6.09 Å². The standard InChI is InChI=1S/C18H21F2NO2/c1-18(2,3)23-17(22)21-15-4-5-16(21)9-12(8-15)11-6-13(19)10-14(20)7-11/h6-8,10,15-16H,4-5,9H2,1-3H3. The summed E-state index contributed by atoms with van der Waals surface area (Å²) in [6.07, 6.45) is 3.96. The number of carbonyl (C=O) groups is 1. The quantitative estimate of drug-likeness (QED) is 0.761. The van der Waals surface area contributed by atoms with Gasteiger partial charge in [0, 0.05) is 12.1 Å². The zero-order valence-corrected chi connectivity index (χ0v) is 13.6. The van der Waals surface area contributed by atoms with Crippen molar-refractivity contribution in [2.24, 2.45) is 0 Å². The Morgan fingerprint density at radius 3 is 2.39 bits per heavy atom. The Morgan fingerprint density at radius 2 is 1.83 bits per heavy atom.